The molecule has 76 valence electrons. The fourth-order valence-corrected chi connectivity index (χ4v) is 3.61. The number of hydrogen-bond acceptors (Lipinski definition) is 6. The molecule has 0 aromatic carbocycles. The van der Waals surface area contributed by atoms with E-state index >= 15 is 0 Å². The molecule has 14 heavy (non-hydrogen) atoms. The van der Waals surface area contributed by atoms with Crippen LogP contribution in [0.25, 0.3) is 0 Å². The zero-order valence-electron chi connectivity index (χ0n) is 7.57. The second-order valence-electron chi connectivity index (χ2n) is 3.46. The van der Waals surface area contributed by atoms with Crippen molar-refractivity contribution in [3.8, 4) is 0 Å². The molecular formula is C8H8O4S2. The largest absolute Gasteiger partial charge is 0.362 e. The van der Waals surface area contributed by atoms with Crippen LogP contribution in [0.5, 0.6) is 0 Å². The van der Waals surface area contributed by atoms with Gasteiger partial charge in [0.2, 0.25) is 12.1 Å². The maximum absolute atomic E-state index is 11.4. The van der Waals surface area contributed by atoms with E-state index in [1.165, 1.54) is 0 Å². The Hall–Kier alpha value is -0.560. The number of carbonyl (C=O) groups excluding carboxylic acids is 1. The molecule has 0 saturated heterocycles. The van der Waals surface area contributed by atoms with Crippen molar-refractivity contribution >= 4 is 28.5 Å². The Balaban J connectivity index is 2.67. The van der Waals surface area contributed by atoms with Gasteiger partial charge in [-0.25, -0.2) is 0 Å². The maximum Gasteiger partial charge on any atom is 0.288 e. The molecule has 1 aliphatic heterocycles. The summed E-state index contributed by atoms with van der Waals surface area (Å²) in [5, 5.41) is 9.31. The molecule has 1 aromatic heterocycles. The van der Waals surface area contributed by atoms with Crippen LogP contribution in [-0.2, 0) is 10.3 Å². The number of ether oxygens (including phenoxy) is 1. The first kappa shape index (κ1) is 9.97. The lowest BCUT2D eigenvalue weighted by atomic mass is 10.0. The van der Waals surface area contributed by atoms with Gasteiger partial charge in [-0.3, -0.25) is 9.59 Å². The minimum absolute atomic E-state index is 0.144. The van der Waals surface area contributed by atoms with Gasteiger partial charge in [0.15, 0.2) is 0 Å². The predicted octanol–water partition coefficient (Wildman–Crippen LogP) is 0.936. The van der Waals surface area contributed by atoms with E-state index in [1.807, 2.05) is 0 Å². The van der Waals surface area contributed by atoms with Gasteiger partial charge in [0.05, 0.1) is 9.75 Å². The smallest absolute Gasteiger partial charge is 0.288 e. The average Bonchev–Trinajstić information content (AvgIpc) is 2.44. The third-order valence-corrected chi connectivity index (χ3v) is 4.45. The van der Waals surface area contributed by atoms with Crippen molar-refractivity contribution in [3.05, 3.63) is 18.6 Å². The molecular weight excluding hydrogens is 224 g/mol. The number of ketones is 1. The van der Waals surface area contributed by atoms with Gasteiger partial charge in [0.1, 0.15) is 5.60 Å². The summed E-state index contributed by atoms with van der Waals surface area (Å²) in [6.07, 6.45) is -1.44. The second-order valence-corrected chi connectivity index (χ2v) is 5.68. The third-order valence-electron chi connectivity index (χ3n) is 1.98. The summed E-state index contributed by atoms with van der Waals surface area (Å²) in [7, 11) is 0. The molecule has 0 radical (unpaired) electrons. The van der Waals surface area contributed by atoms with Gasteiger partial charge in [-0.05, 0) is 13.8 Å². The summed E-state index contributed by atoms with van der Waals surface area (Å²) in [5.74, 6) is -0.511. The van der Waals surface area contributed by atoms with Crippen molar-refractivity contribution in [2.45, 2.75) is 25.7 Å². The number of fused-ring (bicyclic) bond motifs is 1. The molecule has 0 spiro atoms. The van der Waals surface area contributed by atoms with Crippen LogP contribution in [0.1, 0.15) is 28.4 Å². The number of hydrogen-bond donors (Lipinski definition) is 1. The Labute approximate surface area is 87.8 Å². The maximum atomic E-state index is 11.4. The van der Waals surface area contributed by atoms with Crippen molar-refractivity contribution < 1.29 is 14.6 Å². The van der Waals surface area contributed by atoms with Gasteiger partial charge in [-0.2, -0.15) is 0 Å². The normalized spacial score (nSPS) is 24.8. The van der Waals surface area contributed by atoms with Crippen LogP contribution in [0.3, 0.4) is 0 Å². The van der Waals surface area contributed by atoms with E-state index in [0.29, 0.717) is 9.75 Å². The highest BCUT2D eigenvalue weighted by molar-refractivity contribution is 7.28. The zero-order chi connectivity index (χ0) is 10.5. The minimum Gasteiger partial charge on any atom is -0.362 e. The molecule has 0 aliphatic carbocycles. The van der Waals surface area contributed by atoms with E-state index in [0.717, 1.165) is 22.7 Å². The molecule has 1 aromatic rings. The highest BCUT2D eigenvalue weighted by atomic mass is 32.2. The van der Waals surface area contributed by atoms with E-state index in [9.17, 15) is 14.7 Å². The van der Waals surface area contributed by atoms with Gasteiger partial charge >= 0.3 is 0 Å². The van der Waals surface area contributed by atoms with E-state index in [1.54, 1.807) is 13.8 Å². The Morgan fingerprint density at radius 1 is 1.36 bits per heavy atom. The molecule has 1 N–H and O–H groups in total. The van der Waals surface area contributed by atoms with Gasteiger partial charge in [0.25, 0.3) is 4.06 Å². The number of carbonyl (C=O) groups is 1. The lowest BCUT2D eigenvalue weighted by molar-refractivity contribution is -0.155. The molecule has 1 atom stereocenters. The molecule has 0 fully saturated rings. The van der Waals surface area contributed by atoms with Crippen LogP contribution in [-0.4, -0.2) is 17.2 Å². The number of Topliss-reactive ketones (excluding diaryl/α,β-unsaturated/α-hetero) is 1. The third kappa shape index (κ3) is 1.35. The minimum atomic E-state index is -1.44. The molecule has 1 unspecified atom stereocenters. The lowest BCUT2D eigenvalue weighted by Crippen LogP contribution is -2.38. The monoisotopic (exact) mass is 232 g/mol. The van der Waals surface area contributed by atoms with Crippen LogP contribution in [0.15, 0.2) is 4.79 Å². The van der Waals surface area contributed by atoms with Crippen LogP contribution >= 0.6 is 22.7 Å². The number of aliphatic hydroxyl groups excluding tert-OH is 1. The SMILES string of the molecule is CC1(C)OC(O)C(=O)c2sc(=O)sc21. The van der Waals surface area contributed by atoms with Crippen LogP contribution in [0, 0.1) is 0 Å². The molecule has 2 heterocycles. The molecule has 2 rings (SSSR count). The van der Waals surface area contributed by atoms with Crippen molar-refractivity contribution in [3.63, 3.8) is 0 Å². The van der Waals surface area contributed by atoms with Gasteiger partial charge in [-0.15, -0.1) is 0 Å². The fraction of sp³-hybridized carbons (Fsp3) is 0.500. The first-order valence-corrected chi connectivity index (χ1v) is 5.59. The van der Waals surface area contributed by atoms with E-state index in [2.05, 4.69) is 0 Å². The standard InChI is InChI=1S/C8H8O4S2/c1-8(2)5-4(13-7(11)14-5)3(9)6(10)12-8/h6,10H,1-2H3. The van der Waals surface area contributed by atoms with Crippen molar-refractivity contribution in [2.24, 2.45) is 0 Å². The molecule has 6 heteroatoms. The Kier molecular flexibility index (Phi) is 2.11. The predicted molar refractivity (Wildman–Crippen MR) is 52.9 cm³/mol. The molecule has 0 amide bonds. The summed E-state index contributed by atoms with van der Waals surface area (Å²) < 4.78 is 4.97. The average molecular weight is 232 g/mol. The van der Waals surface area contributed by atoms with Crippen LogP contribution in [0.4, 0.5) is 0 Å². The van der Waals surface area contributed by atoms with Crippen LogP contribution in [0.2, 0.25) is 0 Å². The fourth-order valence-electron chi connectivity index (χ4n) is 1.34. The molecule has 4 nitrogen and oxygen atoms in total. The summed E-state index contributed by atoms with van der Waals surface area (Å²) >= 11 is 1.89. The van der Waals surface area contributed by atoms with Crippen molar-refractivity contribution in [1.29, 1.82) is 0 Å². The molecule has 0 bridgehead atoms. The number of aliphatic hydroxyl groups is 1. The number of rotatable bonds is 0. The summed E-state index contributed by atoms with van der Waals surface area (Å²) in [6.45, 7) is 3.45. The Morgan fingerprint density at radius 3 is 2.64 bits per heavy atom. The Bertz CT molecular complexity index is 442. The molecule has 0 saturated carbocycles. The second kappa shape index (κ2) is 2.96. The van der Waals surface area contributed by atoms with Crippen LogP contribution < -0.4 is 4.06 Å². The summed E-state index contributed by atoms with van der Waals surface area (Å²) in [6, 6.07) is 0. The first-order valence-electron chi connectivity index (χ1n) is 3.96. The zero-order valence-corrected chi connectivity index (χ0v) is 9.20. The van der Waals surface area contributed by atoms with Crippen molar-refractivity contribution in [2.75, 3.05) is 0 Å². The van der Waals surface area contributed by atoms with E-state index in [-0.39, 0.29) is 4.06 Å². The first-order chi connectivity index (χ1) is 6.42. The van der Waals surface area contributed by atoms with Gasteiger partial charge in [-0.1, -0.05) is 22.7 Å². The topological polar surface area (TPSA) is 63.6 Å². The Morgan fingerprint density at radius 2 is 2.00 bits per heavy atom. The quantitative estimate of drug-likeness (QED) is 0.723. The van der Waals surface area contributed by atoms with E-state index < -0.39 is 17.7 Å². The summed E-state index contributed by atoms with van der Waals surface area (Å²) in [4.78, 5) is 23.5. The van der Waals surface area contributed by atoms with Crippen molar-refractivity contribution in [1.82, 2.24) is 0 Å². The highest BCUT2D eigenvalue weighted by Crippen LogP contribution is 2.38. The van der Waals surface area contributed by atoms with Gasteiger partial charge in [0, 0.05) is 0 Å². The highest BCUT2D eigenvalue weighted by Gasteiger charge is 2.41. The summed E-state index contributed by atoms with van der Waals surface area (Å²) in [5.41, 5.74) is -0.757. The lowest BCUT2D eigenvalue weighted by Gasteiger charge is -2.31. The van der Waals surface area contributed by atoms with E-state index in [4.69, 9.17) is 4.74 Å². The molecule has 1 aliphatic rings. The van der Waals surface area contributed by atoms with Gasteiger partial charge < -0.3 is 9.84 Å².